The Balaban J connectivity index is 3.08. The summed E-state index contributed by atoms with van der Waals surface area (Å²) in [4.78, 5) is 10.1. The molecule has 0 saturated heterocycles. The summed E-state index contributed by atoms with van der Waals surface area (Å²) >= 11 is 0. The third kappa shape index (κ3) is 2.94. The average molecular weight is 252 g/mol. The van der Waals surface area contributed by atoms with Crippen LogP contribution < -0.4 is 4.74 Å². The maximum atomic E-state index is 10.8. The van der Waals surface area contributed by atoms with Crippen LogP contribution in [0.1, 0.15) is 18.1 Å². The van der Waals surface area contributed by atoms with Crippen molar-refractivity contribution in [3.05, 3.63) is 33.9 Å². The zero-order valence-corrected chi connectivity index (χ0v) is 9.61. The summed E-state index contributed by atoms with van der Waals surface area (Å²) in [6.07, 6.45) is -2.90. The molecule has 0 amide bonds. The predicted molar refractivity (Wildman–Crippen MR) is 60.8 cm³/mol. The highest BCUT2D eigenvalue weighted by molar-refractivity contribution is 5.49. The number of nitro benzene ring substituents is 1. The van der Waals surface area contributed by atoms with Crippen molar-refractivity contribution >= 4 is 5.69 Å². The Bertz CT molecular complexity index is 483. The first-order chi connectivity index (χ1) is 8.51. The molecule has 0 radical (unpaired) electrons. The van der Waals surface area contributed by atoms with E-state index >= 15 is 0 Å². The van der Waals surface area contributed by atoms with E-state index in [9.17, 15) is 20.3 Å². The minimum Gasteiger partial charge on any atom is -0.490 e. The number of nitro groups is 1. The van der Waals surface area contributed by atoms with Gasteiger partial charge in [0.15, 0.2) is 5.75 Å². The maximum absolute atomic E-state index is 10.8. The first-order valence-corrected chi connectivity index (χ1v) is 5.06. The molecule has 0 heterocycles. The van der Waals surface area contributed by atoms with E-state index in [1.807, 2.05) is 0 Å². The van der Waals surface area contributed by atoms with Gasteiger partial charge in [-0.1, -0.05) is 6.07 Å². The molecule has 1 rings (SSSR count). The molecule has 1 aromatic rings. The zero-order chi connectivity index (χ0) is 13.7. The van der Waals surface area contributed by atoms with Crippen LogP contribution in [0.4, 0.5) is 5.69 Å². The summed E-state index contributed by atoms with van der Waals surface area (Å²) in [5, 5.41) is 38.4. The molecule has 1 aromatic carbocycles. The fraction of sp³-hybridized carbons (Fsp3) is 0.364. The Morgan fingerprint density at radius 3 is 2.72 bits per heavy atom. The lowest BCUT2D eigenvalue weighted by molar-refractivity contribution is -0.385. The number of aliphatic hydroxyl groups is 2. The molecule has 0 fully saturated rings. The van der Waals surface area contributed by atoms with Crippen LogP contribution in [0, 0.1) is 21.4 Å². The summed E-state index contributed by atoms with van der Waals surface area (Å²) in [6.45, 7) is 0. The summed E-state index contributed by atoms with van der Waals surface area (Å²) < 4.78 is 4.81. The molecular weight excluding hydrogens is 240 g/mol. The van der Waals surface area contributed by atoms with Crippen molar-refractivity contribution in [2.75, 3.05) is 7.11 Å². The Labute approximate surface area is 103 Å². The Morgan fingerprint density at radius 2 is 2.22 bits per heavy atom. The topological polar surface area (TPSA) is 117 Å². The van der Waals surface area contributed by atoms with Crippen molar-refractivity contribution in [1.82, 2.24) is 0 Å². The fourth-order valence-corrected chi connectivity index (χ4v) is 1.46. The van der Waals surface area contributed by atoms with Gasteiger partial charge in [-0.15, -0.1) is 0 Å². The Hall–Kier alpha value is -2.17. The van der Waals surface area contributed by atoms with Gasteiger partial charge < -0.3 is 14.9 Å². The molecule has 0 aliphatic heterocycles. The van der Waals surface area contributed by atoms with E-state index in [1.54, 1.807) is 6.07 Å². The molecule has 18 heavy (non-hydrogen) atoms. The molecule has 0 aliphatic carbocycles. The van der Waals surface area contributed by atoms with Crippen molar-refractivity contribution in [2.24, 2.45) is 0 Å². The third-order valence-corrected chi connectivity index (χ3v) is 2.41. The number of rotatable bonds is 5. The van der Waals surface area contributed by atoms with Crippen LogP contribution in [-0.4, -0.2) is 28.4 Å². The van der Waals surface area contributed by atoms with E-state index in [1.165, 1.54) is 19.2 Å². The fourth-order valence-electron chi connectivity index (χ4n) is 1.46. The van der Waals surface area contributed by atoms with Crippen molar-refractivity contribution in [3.63, 3.8) is 0 Å². The van der Waals surface area contributed by atoms with Gasteiger partial charge in [-0.05, 0) is 11.6 Å². The van der Waals surface area contributed by atoms with Crippen LogP contribution in [0.5, 0.6) is 5.75 Å². The molecule has 0 saturated carbocycles. The highest BCUT2D eigenvalue weighted by Crippen LogP contribution is 2.31. The molecule has 0 spiro atoms. The van der Waals surface area contributed by atoms with Gasteiger partial charge in [0.05, 0.1) is 30.6 Å². The van der Waals surface area contributed by atoms with Gasteiger partial charge in [0.25, 0.3) is 0 Å². The van der Waals surface area contributed by atoms with Gasteiger partial charge in [-0.25, -0.2) is 0 Å². The van der Waals surface area contributed by atoms with E-state index < -0.39 is 17.1 Å². The number of hydrogen-bond acceptors (Lipinski definition) is 6. The van der Waals surface area contributed by atoms with Crippen LogP contribution in [0.2, 0.25) is 0 Å². The second-order valence-corrected chi connectivity index (χ2v) is 3.56. The monoisotopic (exact) mass is 252 g/mol. The first-order valence-electron chi connectivity index (χ1n) is 5.06. The van der Waals surface area contributed by atoms with E-state index in [0.717, 1.165) is 6.07 Å². The van der Waals surface area contributed by atoms with Crippen LogP contribution >= 0.6 is 0 Å². The third-order valence-electron chi connectivity index (χ3n) is 2.41. The molecule has 7 nitrogen and oxygen atoms in total. The lowest BCUT2D eigenvalue weighted by atomic mass is 10.0. The molecule has 2 N–H and O–H groups in total. The normalized spacial score (nSPS) is 13.4. The maximum Gasteiger partial charge on any atom is 0.311 e. The van der Waals surface area contributed by atoms with Crippen molar-refractivity contribution in [2.45, 2.75) is 18.6 Å². The van der Waals surface area contributed by atoms with Crippen molar-refractivity contribution < 1.29 is 19.9 Å². The SMILES string of the molecule is COc1ccc(C(O)C(O)CC#N)cc1[N+](=O)[O-]. The first kappa shape index (κ1) is 13.9. The van der Waals surface area contributed by atoms with E-state index in [-0.39, 0.29) is 23.4 Å². The minimum absolute atomic E-state index is 0.0609. The molecule has 0 bridgehead atoms. The summed E-state index contributed by atoms with van der Waals surface area (Å²) in [5.74, 6) is 0.0609. The standard InChI is InChI=1S/C11H12N2O5/c1-18-10-3-2-7(6-8(10)13(16)17)11(15)9(14)4-5-12/h2-3,6,9,11,14-15H,4H2,1H3. The van der Waals surface area contributed by atoms with Crippen molar-refractivity contribution in [3.8, 4) is 11.8 Å². The highest BCUT2D eigenvalue weighted by atomic mass is 16.6. The molecule has 2 atom stereocenters. The van der Waals surface area contributed by atoms with Gasteiger partial charge >= 0.3 is 5.69 Å². The van der Waals surface area contributed by atoms with Crippen LogP contribution in [0.15, 0.2) is 18.2 Å². The minimum atomic E-state index is -1.35. The largest absolute Gasteiger partial charge is 0.490 e. The predicted octanol–water partition coefficient (Wildman–Crippen LogP) is 0.911. The number of ether oxygens (including phenoxy) is 1. The lowest BCUT2D eigenvalue weighted by Crippen LogP contribution is -2.17. The second-order valence-electron chi connectivity index (χ2n) is 3.56. The second kappa shape index (κ2) is 5.95. The van der Waals surface area contributed by atoms with Gasteiger partial charge in [-0.2, -0.15) is 5.26 Å². The quantitative estimate of drug-likeness (QED) is 0.594. The van der Waals surface area contributed by atoms with E-state index in [4.69, 9.17) is 10.00 Å². The molecular formula is C11H12N2O5. The smallest absolute Gasteiger partial charge is 0.311 e. The summed E-state index contributed by atoms with van der Waals surface area (Å²) in [7, 11) is 1.29. The summed E-state index contributed by atoms with van der Waals surface area (Å²) in [5.41, 5.74) is -0.150. The number of aliphatic hydroxyl groups excluding tert-OH is 2. The van der Waals surface area contributed by atoms with Gasteiger partial charge in [-0.3, -0.25) is 10.1 Å². The number of nitriles is 1. The Kier molecular flexibility index (Phi) is 4.59. The van der Waals surface area contributed by atoms with Crippen LogP contribution in [0.3, 0.4) is 0 Å². The molecule has 96 valence electrons. The molecule has 0 aromatic heterocycles. The van der Waals surface area contributed by atoms with Crippen molar-refractivity contribution in [1.29, 1.82) is 5.26 Å². The van der Waals surface area contributed by atoms with E-state index in [2.05, 4.69) is 0 Å². The van der Waals surface area contributed by atoms with Gasteiger partial charge in [0.2, 0.25) is 0 Å². The summed E-state index contributed by atoms with van der Waals surface area (Å²) in [6, 6.07) is 5.55. The number of methoxy groups -OCH3 is 1. The van der Waals surface area contributed by atoms with Crippen LogP contribution in [-0.2, 0) is 0 Å². The van der Waals surface area contributed by atoms with Gasteiger partial charge in [0, 0.05) is 6.07 Å². The molecule has 2 unspecified atom stereocenters. The number of hydrogen-bond donors (Lipinski definition) is 2. The molecule has 7 heteroatoms. The Morgan fingerprint density at radius 1 is 1.56 bits per heavy atom. The highest BCUT2D eigenvalue weighted by Gasteiger charge is 2.22. The van der Waals surface area contributed by atoms with E-state index in [0.29, 0.717) is 0 Å². The average Bonchev–Trinajstić information content (AvgIpc) is 2.37. The number of benzene rings is 1. The zero-order valence-electron chi connectivity index (χ0n) is 9.61. The molecule has 0 aliphatic rings. The van der Waals surface area contributed by atoms with Crippen LogP contribution in [0.25, 0.3) is 0 Å². The van der Waals surface area contributed by atoms with Gasteiger partial charge in [0.1, 0.15) is 6.10 Å². The lowest BCUT2D eigenvalue weighted by Gasteiger charge is -2.15. The number of nitrogens with zero attached hydrogens (tertiary/aromatic N) is 2.